The molecule has 1 aromatic carbocycles. The Morgan fingerprint density at radius 1 is 1.05 bits per heavy atom. The standard InChI is InChI=1S/C14H9NO6/c16-11-3-1-7(5-9(11)13(18)19)15-8-2-4-12(17)10(6-8)14(20)21/h1-6,16H,(H,18,19)(H,20,21). The van der Waals surface area contributed by atoms with Gasteiger partial charge in [-0.2, -0.15) is 0 Å². The number of aliphatic imine (C=N–C) groups is 1. The van der Waals surface area contributed by atoms with E-state index in [0.717, 1.165) is 18.2 Å². The second-order valence-electron chi connectivity index (χ2n) is 4.10. The first-order chi connectivity index (χ1) is 9.88. The number of allylic oxidation sites excluding steroid dienone is 3. The first kappa shape index (κ1) is 14.2. The molecule has 0 unspecified atom stereocenters. The summed E-state index contributed by atoms with van der Waals surface area (Å²) in [5.41, 5.74) is -0.349. The maximum atomic E-state index is 11.3. The van der Waals surface area contributed by atoms with Crippen LogP contribution < -0.4 is 0 Å². The van der Waals surface area contributed by atoms with Crippen molar-refractivity contribution in [2.45, 2.75) is 0 Å². The number of carbonyl (C=O) groups excluding carboxylic acids is 1. The van der Waals surface area contributed by atoms with Crippen LogP contribution in [0.1, 0.15) is 10.4 Å². The number of rotatable bonds is 3. The zero-order valence-electron chi connectivity index (χ0n) is 10.5. The Kier molecular flexibility index (Phi) is 3.66. The molecule has 0 atom stereocenters. The molecule has 3 N–H and O–H groups in total. The van der Waals surface area contributed by atoms with Crippen LogP contribution in [-0.2, 0) is 9.59 Å². The zero-order chi connectivity index (χ0) is 15.6. The Balaban J connectivity index is 2.43. The highest BCUT2D eigenvalue weighted by atomic mass is 16.4. The third-order valence-electron chi connectivity index (χ3n) is 2.66. The minimum absolute atomic E-state index is 0.189. The molecule has 1 aliphatic carbocycles. The predicted molar refractivity (Wildman–Crippen MR) is 72.0 cm³/mol. The van der Waals surface area contributed by atoms with Crippen LogP contribution >= 0.6 is 0 Å². The van der Waals surface area contributed by atoms with Gasteiger partial charge in [0.15, 0.2) is 5.78 Å². The lowest BCUT2D eigenvalue weighted by atomic mass is 10.0. The average Bonchev–Trinajstić information content (AvgIpc) is 2.42. The molecule has 0 heterocycles. The van der Waals surface area contributed by atoms with Crippen LogP contribution in [-0.4, -0.2) is 38.8 Å². The summed E-state index contributed by atoms with van der Waals surface area (Å²) in [6.45, 7) is 0. The number of nitrogens with zero attached hydrogens (tertiary/aromatic N) is 1. The monoisotopic (exact) mass is 287 g/mol. The van der Waals surface area contributed by atoms with Crippen LogP contribution in [0.25, 0.3) is 0 Å². The smallest absolute Gasteiger partial charge is 0.339 e. The van der Waals surface area contributed by atoms with Gasteiger partial charge in [-0.3, -0.25) is 4.79 Å². The molecule has 1 aromatic rings. The first-order valence-electron chi connectivity index (χ1n) is 5.71. The van der Waals surface area contributed by atoms with E-state index in [4.69, 9.17) is 10.2 Å². The maximum Gasteiger partial charge on any atom is 0.339 e. The van der Waals surface area contributed by atoms with E-state index >= 15 is 0 Å². The quantitative estimate of drug-likeness (QED) is 0.568. The number of hydrogen-bond donors (Lipinski definition) is 3. The summed E-state index contributed by atoms with van der Waals surface area (Å²) in [5, 5.41) is 27.1. The highest BCUT2D eigenvalue weighted by Crippen LogP contribution is 2.24. The lowest BCUT2D eigenvalue weighted by Crippen LogP contribution is -2.15. The molecule has 106 valence electrons. The van der Waals surface area contributed by atoms with Gasteiger partial charge in [-0.05, 0) is 36.4 Å². The van der Waals surface area contributed by atoms with E-state index in [-0.39, 0.29) is 17.0 Å². The first-order valence-corrected chi connectivity index (χ1v) is 5.71. The van der Waals surface area contributed by atoms with Crippen molar-refractivity contribution >= 4 is 29.1 Å². The number of aliphatic carboxylic acids is 1. The lowest BCUT2D eigenvalue weighted by Gasteiger charge is -2.05. The second-order valence-corrected chi connectivity index (χ2v) is 4.10. The van der Waals surface area contributed by atoms with Gasteiger partial charge in [0.1, 0.15) is 16.9 Å². The molecule has 0 aromatic heterocycles. The van der Waals surface area contributed by atoms with Crippen molar-refractivity contribution in [1.29, 1.82) is 0 Å². The van der Waals surface area contributed by atoms with Gasteiger partial charge >= 0.3 is 11.9 Å². The lowest BCUT2D eigenvalue weighted by molar-refractivity contribution is -0.134. The summed E-state index contributed by atoms with van der Waals surface area (Å²) in [5.74, 6) is -3.72. The number of hydrogen-bond acceptors (Lipinski definition) is 5. The summed E-state index contributed by atoms with van der Waals surface area (Å²) in [7, 11) is 0. The van der Waals surface area contributed by atoms with E-state index in [1.54, 1.807) is 0 Å². The number of phenols is 1. The van der Waals surface area contributed by atoms with Gasteiger partial charge in [0.2, 0.25) is 0 Å². The van der Waals surface area contributed by atoms with Crippen LogP contribution in [0.2, 0.25) is 0 Å². The Morgan fingerprint density at radius 2 is 1.76 bits per heavy atom. The third kappa shape index (κ3) is 3.03. The molecule has 2 rings (SSSR count). The van der Waals surface area contributed by atoms with Gasteiger partial charge < -0.3 is 15.3 Å². The van der Waals surface area contributed by atoms with Crippen molar-refractivity contribution in [3.05, 3.63) is 47.6 Å². The van der Waals surface area contributed by atoms with Crippen molar-refractivity contribution in [2.75, 3.05) is 0 Å². The molecule has 1 aliphatic rings. The SMILES string of the molecule is O=C(O)C1=CC(=Nc2ccc(O)c(C(=O)O)c2)C=CC1=O. The van der Waals surface area contributed by atoms with Gasteiger partial charge in [-0.25, -0.2) is 14.6 Å². The van der Waals surface area contributed by atoms with Crippen molar-refractivity contribution in [1.82, 2.24) is 0 Å². The van der Waals surface area contributed by atoms with Crippen LogP contribution in [0.15, 0.2) is 47.0 Å². The third-order valence-corrected chi connectivity index (χ3v) is 2.66. The van der Waals surface area contributed by atoms with E-state index in [1.165, 1.54) is 18.2 Å². The minimum Gasteiger partial charge on any atom is -0.507 e. The molecular weight excluding hydrogens is 278 g/mol. The summed E-state index contributed by atoms with van der Waals surface area (Å²) < 4.78 is 0. The van der Waals surface area contributed by atoms with Gasteiger partial charge in [-0.1, -0.05) is 0 Å². The topological polar surface area (TPSA) is 124 Å². The molecule has 0 fully saturated rings. The molecule has 0 amide bonds. The Morgan fingerprint density at radius 3 is 2.38 bits per heavy atom. The molecule has 0 saturated heterocycles. The summed E-state index contributed by atoms with van der Waals surface area (Å²) in [6.07, 6.45) is 3.49. The molecular formula is C14H9NO6. The summed E-state index contributed by atoms with van der Waals surface area (Å²) >= 11 is 0. The zero-order valence-corrected chi connectivity index (χ0v) is 10.5. The molecule has 7 nitrogen and oxygen atoms in total. The maximum absolute atomic E-state index is 11.3. The largest absolute Gasteiger partial charge is 0.507 e. The van der Waals surface area contributed by atoms with Crippen molar-refractivity contribution in [3.8, 4) is 5.75 Å². The summed E-state index contributed by atoms with van der Waals surface area (Å²) in [6, 6.07) is 3.68. The molecule has 0 aliphatic heterocycles. The highest BCUT2D eigenvalue weighted by Gasteiger charge is 2.19. The number of aromatic hydroxyl groups is 1. The number of carboxylic acid groups (broad SMARTS) is 2. The molecule has 0 spiro atoms. The van der Waals surface area contributed by atoms with E-state index in [0.29, 0.717) is 0 Å². The minimum atomic E-state index is -1.37. The number of benzene rings is 1. The van der Waals surface area contributed by atoms with Crippen molar-refractivity contribution in [3.63, 3.8) is 0 Å². The van der Waals surface area contributed by atoms with Gasteiger partial charge in [0.25, 0.3) is 0 Å². The van der Waals surface area contributed by atoms with Crippen molar-refractivity contribution < 1.29 is 29.7 Å². The van der Waals surface area contributed by atoms with Crippen LogP contribution in [0.4, 0.5) is 5.69 Å². The van der Waals surface area contributed by atoms with Crippen LogP contribution in [0.5, 0.6) is 5.75 Å². The predicted octanol–water partition coefficient (Wildman–Crippen LogP) is 1.31. The fourth-order valence-corrected chi connectivity index (χ4v) is 1.67. The normalized spacial score (nSPS) is 15.9. The van der Waals surface area contributed by atoms with Gasteiger partial charge in [0, 0.05) is 0 Å². The van der Waals surface area contributed by atoms with Crippen LogP contribution in [0.3, 0.4) is 0 Å². The average molecular weight is 287 g/mol. The molecule has 0 radical (unpaired) electrons. The Bertz CT molecular complexity index is 742. The van der Waals surface area contributed by atoms with Gasteiger partial charge in [-0.15, -0.1) is 0 Å². The molecule has 7 heteroatoms. The number of carboxylic acids is 2. The fraction of sp³-hybridized carbons (Fsp3) is 0. The Hall–Kier alpha value is -3.22. The number of carbonyl (C=O) groups is 3. The molecule has 0 bridgehead atoms. The number of ketones is 1. The highest BCUT2D eigenvalue weighted by molar-refractivity contribution is 6.29. The van der Waals surface area contributed by atoms with E-state index in [1.807, 2.05) is 0 Å². The van der Waals surface area contributed by atoms with E-state index in [9.17, 15) is 19.5 Å². The molecule has 21 heavy (non-hydrogen) atoms. The van der Waals surface area contributed by atoms with Crippen molar-refractivity contribution in [2.24, 2.45) is 4.99 Å². The second kappa shape index (κ2) is 5.41. The fourth-order valence-electron chi connectivity index (χ4n) is 1.67. The molecule has 0 saturated carbocycles. The number of aromatic carboxylic acids is 1. The summed E-state index contributed by atoms with van der Waals surface area (Å²) in [4.78, 5) is 37.1. The van der Waals surface area contributed by atoms with Gasteiger partial charge in [0.05, 0.1) is 11.4 Å². The van der Waals surface area contributed by atoms with Crippen LogP contribution in [0, 0.1) is 0 Å². The van der Waals surface area contributed by atoms with E-state index < -0.39 is 29.0 Å². The van der Waals surface area contributed by atoms with E-state index in [2.05, 4.69) is 4.99 Å². The Labute approximate surface area is 118 Å².